The van der Waals surface area contributed by atoms with Crippen molar-refractivity contribution in [2.45, 2.75) is 39.8 Å². The first-order valence-electron chi connectivity index (χ1n) is 8.60. The Morgan fingerprint density at radius 1 is 1.35 bits per heavy atom. The zero-order valence-corrected chi connectivity index (χ0v) is 15.4. The second-order valence-electron chi connectivity index (χ2n) is 6.65. The van der Waals surface area contributed by atoms with Crippen molar-refractivity contribution in [2.24, 2.45) is 0 Å². The molecule has 1 N–H and O–H groups in total. The number of nitrogens with one attached hydrogen (secondary N) is 1. The van der Waals surface area contributed by atoms with Gasteiger partial charge in [-0.3, -0.25) is 14.2 Å². The van der Waals surface area contributed by atoms with Crippen LogP contribution >= 0.6 is 11.6 Å². The number of halogens is 1. The van der Waals surface area contributed by atoms with E-state index in [2.05, 4.69) is 10.3 Å². The summed E-state index contributed by atoms with van der Waals surface area (Å²) in [6.07, 6.45) is 1.76. The third-order valence-electron chi connectivity index (χ3n) is 4.92. The summed E-state index contributed by atoms with van der Waals surface area (Å²) in [4.78, 5) is 30.0. The Kier molecular flexibility index (Phi) is 4.07. The highest BCUT2D eigenvalue weighted by atomic mass is 35.5. The van der Waals surface area contributed by atoms with Crippen LogP contribution in [0, 0.1) is 13.8 Å². The molecule has 134 valence electrons. The molecule has 0 saturated heterocycles. The van der Waals surface area contributed by atoms with Crippen LogP contribution in [0.4, 0.5) is 5.69 Å². The highest BCUT2D eigenvalue weighted by Gasteiger charge is 2.20. The van der Waals surface area contributed by atoms with E-state index >= 15 is 0 Å². The van der Waals surface area contributed by atoms with Crippen molar-refractivity contribution in [1.82, 2.24) is 14.1 Å². The third-order valence-corrected chi connectivity index (χ3v) is 5.33. The van der Waals surface area contributed by atoms with Crippen molar-refractivity contribution >= 4 is 34.2 Å². The minimum Gasteiger partial charge on any atom is -0.330 e. The van der Waals surface area contributed by atoms with E-state index in [1.165, 1.54) is 0 Å². The first kappa shape index (κ1) is 16.8. The first-order chi connectivity index (χ1) is 12.5. The quantitative estimate of drug-likeness (QED) is 0.770. The molecule has 1 amide bonds. The molecule has 0 aliphatic carbocycles. The molecule has 1 aliphatic rings. The van der Waals surface area contributed by atoms with Gasteiger partial charge in [-0.25, -0.2) is 4.98 Å². The summed E-state index contributed by atoms with van der Waals surface area (Å²) in [5, 5.41) is 3.48. The van der Waals surface area contributed by atoms with Crippen LogP contribution < -0.4 is 10.9 Å². The van der Waals surface area contributed by atoms with Crippen molar-refractivity contribution in [3.8, 4) is 0 Å². The van der Waals surface area contributed by atoms with Crippen molar-refractivity contribution < 1.29 is 4.79 Å². The number of benzene rings is 1. The van der Waals surface area contributed by atoms with Crippen LogP contribution in [0.3, 0.4) is 0 Å². The molecule has 0 radical (unpaired) electrons. The predicted molar refractivity (Wildman–Crippen MR) is 102 cm³/mol. The molecule has 3 heterocycles. The standard InChI is InChI=1S/C19H19ClN4O2/c1-11-9-15-18(19(26)23-8-4-7-16(23)21-15)24(11)10-17(25)22-14-6-3-5-13(20)12(14)2/h3,5-6,9H,4,7-8,10H2,1-2H3,(H,22,25). The zero-order chi connectivity index (χ0) is 18.4. The lowest BCUT2D eigenvalue weighted by Crippen LogP contribution is -2.26. The Bertz CT molecular complexity index is 1100. The van der Waals surface area contributed by atoms with Gasteiger partial charge >= 0.3 is 0 Å². The minimum absolute atomic E-state index is 0.0531. The fourth-order valence-corrected chi connectivity index (χ4v) is 3.68. The molecule has 0 bridgehead atoms. The largest absolute Gasteiger partial charge is 0.330 e. The van der Waals surface area contributed by atoms with Crippen LogP contribution in [0.5, 0.6) is 0 Å². The summed E-state index contributed by atoms with van der Waals surface area (Å²) in [6, 6.07) is 7.25. The summed E-state index contributed by atoms with van der Waals surface area (Å²) in [5.41, 5.74) is 3.41. The van der Waals surface area contributed by atoms with Crippen molar-refractivity contribution in [1.29, 1.82) is 0 Å². The van der Waals surface area contributed by atoms with Gasteiger partial charge in [0, 0.05) is 29.4 Å². The van der Waals surface area contributed by atoms with Gasteiger partial charge in [-0.1, -0.05) is 17.7 Å². The molecular weight excluding hydrogens is 352 g/mol. The van der Waals surface area contributed by atoms with Crippen LogP contribution in [-0.2, 0) is 24.3 Å². The molecular formula is C19H19ClN4O2. The van der Waals surface area contributed by atoms with Gasteiger partial charge in [0.05, 0.1) is 5.52 Å². The van der Waals surface area contributed by atoms with E-state index in [-0.39, 0.29) is 18.0 Å². The van der Waals surface area contributed by atoms with E-state index in [1.807, 2.05) is 26.0 Å². The van der Waals surface area contributed by atoms with Crippen LogP contribution in [0.1, 0.15) is 23.5 Å². The van der Waals surface area contributed by atoms with Gasteiger partial charge in [-0.15, -0.1) is 0 Å². The molecule has 0 fully saturated rings. The van der Waals surface area contributed by atoms with E-state index in [1.54, 1.807) is 21.3 Å². The number of carbonyl (C=O) groups excluding carboxylic acids is 1. The maximum Gasteiger partial charge on any atom is 0.278 e. The summed E-state index contributed by atoms with van der Waals surface area (Å²) < 4.78 is 3.46. The van der Waals surface area contributed by atoms with Gasteiger partial charge in [0.15, 0.2) is 0 Å². The van der Waals surface area contributed by atoms with Gasteiger partial charge in [-0.2, -0.15) is 0 Å². The van der Waals surface area contributed by atoms with Crippen LogP contribution in [0.2, 0.25) is 5.02 Å². The Balaban J connectivity index is 1.69. The van der Waals surface area contributed by atoms with E-state index in [0.29, 0.717) is 28.3 Å². The fraction of sp³-hybridized carbons (Fsp3) is 0.316. The van der Waals surface area contributed by atoms with Crippen molar-refractivity contribution in [2.75, 3.05) is 5.32 Å². The van der Waals surface area contributed by atoms with Crippen molar-refractivity contribution in [3.05, 3.63) is 56.7 Å². The minimum atomic E-state index is -0.208. The smallest absolute Gasteiger partial charge is 0.278 e. The SMILES string of the molecule is Cc1c(Cl)cccc1NC(=O)Cn1c(C)cc2nc3n(c(=O)c21)CCC3. The molecule has 0 saturated carbocycles. The first-order valence-corrected chi connectivity index (χ1v) is 8.98. The topological polar surface area (TPSA) is 68.9 Å². The summed E-state index contributed by atoms with van der Waals surface area (Å²) in [5.74, 6) is 0.625. The highest BCUT2D eigenvalue weighted by Crippen LogP contribution is 2.23. The van der Waals surface area contributed by atoms with Crippen LogP contribution in [0.15, 0.2) is 29.1 Å². The molecule has 4 rings (SSSR count). The number of anilines is 1. The molecule has 7 heteroatoms. The molecule has 26 heavy (non-hydrogen) atoms. The Morgan fingerprint density at radius 2 is 2.15 bits per heavy atom. The number of hydrogen-bond donors (Lipinski definition) is 1. The number of amides is 1. The lowest BCUT2D eigenvalue weighted by molar-refractivity contribution is -0.116. The summed E-state index contributed by atoms with van der Waals surface area (Å²) in [7, 11) is 0. The average Bonchev–Trinajstić information content (AvgIpc) is 3.17. The normalized spacial score (nSPS) is 13.2. The Labute approximate surface area is 155 Å². The lowest BCUT2D eigenvalue weighted by Gasteiger charge is -2.12. The molecule has 0 unspecified atom stereocenters. The predicted octanol–water partition coefficient (Wildman–Crippen LogP) is 3.05. The molecule has 6 nitrogen and oxygen atoms in total. The summed E-state index contributed by atoms with van der Waals surface area (Å²) in [6.45, 7) is 4.48. The Hall–Kier alpha value is -2.60. The van der Waals surface area contributed by atoms with E-state index in [4.69, 9.17) is 11.6 Å². The third kappa shape index (κ3) is 2.70. The molecule has 1 aliphatic heterocycles. The number of hydrogen-bond acceptors (Lipinski definition) is 3. The fourth-order valence-electron chi connectivity index (χ4n) is 3.51. The molecule has 1 aromatic carbocycles. The van der Waals surface area contributed by atoms with Gasteiger partial charge in [0.2, 0.25) is 5.91 Å². The Morgan fingerprint density at radius 3 is 2.96 bits per heavy atom. The maximum absolute atomic E-state index is 12.8. The number of aromatic nitrogens is 3. The molecule has 3 aromatic rings. The number of aryl methyl sites for hydroxylation is 2. The molecule has 0 atom stereocenters. The number of rotatable bonds is 3. The lowest BCUT2D eigenvalue weighted by atomic mass is 10.2. The average molecular weight is 371 g/mol. The summed E-state index contributed by atoms with van der Waals surface area (Å²) >= 11 is 6.11. The molecule has 0 spiro atoms. The van der Waals surface area contributed by atoms with Gasteiger partial charge in [-0.05, 0) is 44.0 Å². The van der Waals surface area contributed by atoms with Crippen LogP contribution in [-0.4, -0.2) is 20.0 Å². The van der Waals surface area contributed by atoms with Crippen molar-refractivity contribution in [3.63, 3.8) is 0 Å². The highest BCUT2D eigenvalue weighted by molar-refractivity contribution is 6.31. The number of fused-ring (bicyclic) bond motifs is 2. The van der Waals surface area contributed by atoms with Crippen LogP contribution in [0.25, 0.3) is 11.0 Å². The number of carbonyl (C=O) groups is 1. The maximum atomic E-state index is 12.8. The second kappa shape index (κ2) is 6.29. The van der Waals surface area contributed by atoms with E-state index < -0.39 is 0 Å². The molecule has 2 aromatic heterocycles. The van der Waals surface area contributed by atoms with E-state index in [9.17, 15) is 9.59 Å². The van der Waals surface area contributed by atoms with Gasteiger partial charge < -0.3 is 9.88 Å². The zero-order valence-electron chi connectivity index (χ0n) is 14.7. The second-order valence-corrected chi connectivity index (χ2v) is 7.06. The van der Waals surface area contributed by atoms with Gasteiger partial charge in [0.1, 0.15) is 17.9 Å². The monoisotopic (exact) mass is 370 g/mol. The van der Waals surface area contributed by atoms with Gasteiger partial charge in [0.25, 0.3) is 5.56 Å². The van der Waals surface area contributed by atoms with E-state index in [0.717, 1.165) is 29.9 Å². The number of nitrogens with zero attached hydrogens (tertiary/aromatic N) is 3.